The summed E-state index contributed by atoms with van der Waals surface area (Å²) < 4.78 is 5.54. The molecule has 0 spiro atoms. The fourth-order valence-corrected chi connectivity index (χ4v) is 2.24. The number of carbonyl (C=O) groups is 1. The van der Waals surface area contributed by atoms with Crippen molar-refractivity contribution in [2.45, 2.75) is 20.0 Å². The van der Waals surface area contributed by atoms with E-state index < -0.39 is 0 Å². The quantitative estimate of drug-likeness (QED) is 0.545. The third-order valence-electron chi connectivity index (χ3n) is 2.94. The molecule has 0 aliphatic carbocycles. The maximum absolute atomic E-state index is 12.1. The molecule has 0 atom stereocenters. The van der Waals surface area contributed by atoms with Crippen LogP contribution in [0.15, 0.2) is 54.7 Å². The van der Waals surface area contributed by atoms with E-state index in [0.29, 0.717) is 21.3 Å². The summed E-state index contributed by atoms with van der Waals surface area (Å²) in [5, 5.41) is 3.82. The molecule has 0 unspecified atom stereocenters. The molecule has 0 aliphatic rings. The fourth-order valence-electron chi connectivity index (χ4n) is 1.89. The number of allylic oxidation sites excluding steroid dienone is 1. The highest BCUT2D eigenvalue weighted by atomic mass is 35.5. The van der Waals surface area contributed by atoms with Crippen molar-refractivity contribution in [1.29, 1.82) is 0 Å². The van der Waals surface area contributed by atoms with Crippen molar-refractivity contribution in [1.82, 2.24) is 0 Å². The first-order valence-corrected chi connectivity index (χ1v) is 7.91. The van der Waals surface area contributed by atoms with Crippen molar-refractivity contribution < 1.29 is 9.53 Å². The predicted octanol–water partition coefficient (Wildman–Crippen LogP) is 5.59. The number of benzene rings is 2. The molecule has 0 heterocycles. The Morgan fingerprint density at radius 2 is 1.83 bits per heavy atom. The number of nitrogens with one attached hydrogen (secondary N) is 1. The Kier molecular flexibility index (Phi) is 6.08. The molecule has 0 aliphatic heterocycles. The van der Waals surface area contributed by atoms with Gasteiger partial charge in [0, 0.05) is 17.8 Å². The van der Waals surface area contributed by atoms with Crippen LogP contribution in [0.5, 0.6) is 5.75 Å². The summed E-state index contributed by atoms with van der Waals surface area (Å²) >= 11 is 12.0. The lowest BCUT2D eigenvalue weighted by molar-refractivity contribution is 0.104. The lowest BCUT2D eigenvalue weighted by Gasteiger charge is -2.09. The van der Waals surface area contributed by atoms with E-state index in [1.165, 1.54) is 6.08 Å². The van der Waals surface area contributed by atoms with Gasteiger partial charge >= 0.3 is 0 Å². The van der Waals surface area contributed by atoms with Crippen LogP contribution in [-0.4, -0.2) is 11.9 Å². The van der Waals surface area contributed by atoms with Crippen molar-refractivity contribution in [3.8, 4) is 5.75 Å². The van der Waals surface area contributed by atoms with E-state index in [-0.39, 0.29) is 11.9 Å². The molecule has 0 radical (unpaired) electrons. The number of halogens is 2. The number of hydrogen-bond donors (Lipinski definition) is 1. The smallest absolute Gasteiger partial charge is 0.187 e. The molecule has 0 aromatic heterocycles. The second-order valence-corrected chi connectivity index (χ2v) is 5.92. The van der Waals surface area contributed by atoms with E-state index in [2.05, 4.69) is 5.32 Å². The van der Waals surface area contributed by atoms with Crippen LogP contribution in [0.4, 0.5) is 5.69 Å². The standard InChI is InChI=1S/C18H17Cl2NO2/c1-12(2)23-14-8-6-13(7-9-14)17(22)10-11-21-16-5-3-4-15(19)18(16)20/h3-12,21H,1-2H3. The van der Waals surface area contributed by atoms with Crippen LogP contribution < -0.4 is 10.1 Å². The highest BCUT2D eigenvalue weighted by molar-refractivity contribution is 6.43. The van der Waals surface area contributed by atoms with E-state index in [0.717, 1.165) is 5.75 Å². The van der Waals surface area contributed by atoms with Crippen LogP contribution in [0.2, 0.25) is 10.0 Å². The first-order chi connectivity index (χ1) is 11.0. The molecule has 3 nitrogen and oxygen atoms in total. The highest BCUT2D eigenvalue weighted by Gasteiger charge is 2.04. The Morgan fingerprint density at radius 1 is 1.13 bits per heavy atom. The van der Waals surface area contributed by atoms with Crippen LogP contribution in [0.25, 0.3) is 0 Å². The maximum Gasteiger partial charge on any atom is 0.187 e. The number of ketones is 1. The summed E-state index contributed by atoms with van der Waals surface area (Å²) in [5.41, 5.74) is 1.22. The minimum Gasteiger partial charge on any atom is -0.491 e. The van der Waals surface area contributed by atoms with Crippen LogP contribution >= 0.6 is 23.2 Å². The zero-order chi connectivity index (χ0) is 16.8. The molecule has 0 saturated carbocycles. The molecular formula is C18H17Cl2NO2. The van der Waals surface area contributed by atoms with E-state index >= 15 is 0 Å². The molecule has 2 aromatic carbocycles. The summed E-state index contributed by atoms with van der Waals surface area (Å²) in [7, 11) is 0. The van der Waals surface area contributed by atoms with Crippen LogP contribution in [0, 0.1) is 0 Å². The molecular weight excluding hydrogens is 333 g/mol. The molecule has 23 heavy (non-hydrogen) atoms. The molecule has 2 rings (SSSR count). The van der Waals surface area contributed by atoms with Gasteiger partial charge in [-0.25, -0.2) is 0 Å². The Hall–Kier alpha value is -1.97. The Balaban J connectivity index is 1.99. The highest BCUT2D eigenvalue weighted by Crippen LogP contribution is 2.29. The lowest BCUT2D eigenvalue weighted by atomic mass is 10.1. The normalized spacial score (nSPS) is 11.0. The Morgan fingerprint density at radius 3 is 2.48 bits per heavy atom. The van der Waals surface area contributed by atoms with Gasteiger partial charge in [-0.15, -0.1) is 0 Å². The molecule has 5 heteroatoms. The van der Waals surface area contributed by atoms with E-state index in [1.807, 2.05) is 13.8 Å². The molecule has 1 N–H and O–H groups in total. The molecule has 0 amide bonds. The van der Waals surface area contributed by atoms with Gasteiger partial charge in [0.25, 0.3) is 0 Å². The number of hydrogen-bond acceptors (Lipinski definition) is 3. The van der Waals surface area contributed by atoms with Crippen molar-refractivity contribution in [2.75, 3.05) is 5.32 Å². The SMILES string of the molecule is CC(C)Oc1ccc(C(=O)C=CNc2cccc(Cl)c2Cl)cc1. The molecule has 0 bridgehead atoms. The molecule has 0 fully saturated rings. The third kappa shape index (κ3) is 5.02. The zero-order valence-electron chi connectivity index (χ0n) is 12.8. The van der Waals surface area contributed by atoms with Gasteiger partial charge < -0.3 is 10.1 Å². The van der Waals surface area contributed by atoms with Gasteiger partial charge in [-0.2, -0.15) is 0 Å². The Labute approximate surface area is 145 Å². The van der Waals surface area contributed by atoms with E-state index in [9.17, 15) is 4.79 Å². The monoisotopic (exact) mass is 349 g/mol. The second-order valence-electron chi connectivity index (χ2n) is 5.13. The summed E-state index contributed by atoms with van der Waals surface area (Å²) in [6, 6.07) is 12.3. The number of anilines is 1. The van der Waals surface area contributed by atoms with Crippen LogP contribution in [-0.2, 0) is 0 Å². The second kappa shape index (κ2) is 8.04. The van der Waals surface area contributed by atoms with Gasteiger partial charge in [-0.1, -0.05) is 29.3 Å². The minimum atomic E-state index is -0.119. The number of carbonyl (C=O) groups excluding carboxylic acids is 1. The molecule has 0 saturated heterocycles. The summed E-state index contributed by atoms with van der Waals surface area (Å²) in [6.45, 7) is 3.91. The summed E-state index contributed by atoms with van der Waals surface area (Å²) in [4.78, 5) is 12.1. The number of ether oxygens (including phenoxy) is 1. The van der Waals surface area contributed by atoms with Gasteiger partial charge in [0.15, 0.2) is 5.78 Å². The average molecular weight is 350 g/mol. The minimum absolute atomic E-state index is 0.100. The Bertz CT molecular complexity index is 709. The van der Waals surface area contributed by atoms with E-state index in [4.69, 9.17) is 27.9 Å². The summed E-state index contributed by atoms with van der Waals surface area (Å²) in [6.07, 6.45) is 3.08. The van der Waals surface area contributed by atoms with Gasteiger partial charge in [0.1, 0.15) is 5.75 Å². The van der Waals surface area contributed by atoms with Crippen LogP contribution in [0.3, 0.4) is 0 Å². The van der Waals surface area contributed by atoms with Crippen molar-refractivity contribution >= 4 is 34.7 Å². The third-order valence-corrected chi connectivity index (χ3v) is 3.75. The zero-order valence-corrected chi connectivity index (χ0v) is 14.4. The van der Waals surface area contributed by atoms with Gasteiger partial charge in [0.2, 0.25) is 0 Å². The van der Waals surface area contributed by atoms with E-state index in [1.54, 1.807) is 48.7 Å². The van der Waals surface area contributed by atoms with Gasteiger partial charge in [-0.3, -0.25) is 4.79 Å². The van der Waals surface area contributed by atoms with Crippen molar-refractivity contribution in [2.24, 2.45) is 0 Å². The first kappa shape index (κ1) is 17.4. The predicted molar refractivity (Wildman–Crippen MR) is 95.8 cm³/mol. The fraction of sp³-hybridized carbons (Fsp3) is 0.167. The van der Waals surface area contributed by atoms with Crippen molar-refractivity contribution in [3.05, 3.63) is 70.3 Å². The summed E-state index contributed by atoms with van der Waals surface area (Å²) in [5.74, 6) is 0.621. The molecule has 120 valence electrons. The maximum atomic E-state index is 12.1. The van der Waals surface area contributed by atoms with Gasteiger partial charge in [-0.05, 0) is 50.2 Å². The van der Waals surface area contributed by atoms with Gasteiger partial charge in [0.05, 0.1) is 21.8 Å². The number of rotatable bonds is 6. The van der Waals surface area contributed by atoms with Crippen LogP contribution in [0.1, 0.15) is 24.2 Å². The average Bonchev–Trinajstić information content (AvgIpc) is 2.51. The topological polar surface area (TPSA) is 38.3 Å². The first-order valence-electron chi connectivity index (χ1n) is 7.15. The molecule has 2 aromatic rings. The lowest BCUT2D eigenvalue weighted by Crippen LogP contribution is -2.05. The van der Waals surface area contributed by atoms with Crippen molar-refractivity contribution in [3.63, 3.8) is 0 Å². The largest absolute Gasteiger partial charge is 0.491 e.